The van der Waals surface area contributed by atoms with Gasteiger partial charge in [0.05, 0.1) is 27.0 Å². The number of para-hydroxylation sites is 1. The van der Waals surface area contributed by atoms with Crippen molar-refractivity contribution in [3.63, 3.8) is 0 Å². The second kappa shape index (κ2) is 7.22. The standard InChI is InChI=1S/C18H19Cl2N3O2/c1-9-16(10(2)23-22-9)11-7-13(19)17(14(20)8-11)21-15-6-4-3-5-12(15)18(24)25/h3-10,16,21-23H,1-2H3,(H,24,25). The summed E-state index contributed by atoms with van der Waals surface area (Å²) in [6.45, 7) is 4.19. The smallest absolute Gasteiger partial charge is 0.337 e. The summed E-state index contributed by atoms with van der Waals surface area (Å²) in [6.07, 6.45) is 0. The van der Waals surface area contributed by atoms with Gasteiger partial charge in [-0.15, -0.1) is 0 Å². The zero-order valence-corrected chi connectivity index (χ0v) is 15.3. The van der Waals surface area contributed by atoms with E-state index in [9.17, 15) is 9.90 Å². The van der Waals surface area contributed by atoms with Crippen LogP contribution in [0.4, 0.5) is 11.4 Å². The van der Waals surface area contributed by atoms with Crippen LogP contribution < -0.4 is 16.2 Å². The van der Waals surface area contributed by atoms with Gasteiger partial charge in [0.15, 0.2) is 0 Å². The Morgan fingerprint density at radius 1 is 1.08 bits per heavy atom. The molecular weight excluding hydrogens is 361 g/mol. The molecule has 7 heteroatoms. The molecule has 1 fully saturated rings. The molecule has 2 aromatic carbocycles. The van der Waals surface area contributed by atoms with Gasteiger partial charge >= 0.3 is 5.97 Å². The molecule has 0 spiro atoms. The highest BCUT2D eigenvalue weighted by molar-refractivity contribution is 6.39. The summed E-state index contributed by atoms with van der Waals surface area (Å²) >= 11 is 12.9. The fraction of sp³-hybridized carbons (Fsp3) is 0.278. The molecule has 0 saturated carbocycles. The zero-order chi connectivity index (χ0) is 18.1. The van der Waals surface area contributed by atoms with Crippen LogP contribution in [-0.4, -0.2) is 23.2 Å². The van der Waals surface area contributed by atoms with E-state index in [0.29, 0.717) is 21.4 Å². The minimum Gasteiger partial charge on any atom is -0.478 e. The van der Waals surface area contributed by atoms with Crippen LogP contribution in [0, 0.1) is 0 Å². The first-order valence-electron chi connectivity index (χ1n) is 7.98. The Bertz CT molecular complexity index is 780. The van der Waals surface area contributed by atoms with E-state index in [2.05, 4.69) is 30.0 Å². The van der Waals surface area contributed by atoms with Gasteiger partial charge in [-0.05, 0) is 43.7 Å². The van der Waals surface area contributed by atoms with Crippen molar-refractivity contribution in [2.24, 2.45) is 0 Å². The van der Waals surface area contributed by atoms with Crippen molar-refractivity contribution >= 4 is 40.5 Å². The molecule has 0 aliphatic carbocycles. The Morgan fingerprint density at radius 2 is 1.64 bits per heavy atom. The van der Waals surface area contributed by atoms with Crippen LogP contribution in [0.2, 0.25) is 10.0 Å². The normalized spacial score (nSPS) is 22.8. The van der Waals surface area contributed by atoms with Crippen LogP contribution in [0.5, 0.6) is 0 Å². The lowest BCUT2D eigenvalue weighted by Crippen LogP contribution is -2.30. The van der Waals surface area contributed by atoms with Crippen LogP contribution >= 0.6 is 23.2 Å². The fourth-order valence-corrected chi connectivity index (χ4v) is 3.87. The van der Waals surface area contributed by atoms with Crippen molar-refractivity contribution in [3.05, 3.63) is 57.6 Å². The van der Waals surface area contributed by atoms with E-state index in [1.54, 1.807) is 18.2 Å². The highest BCUT2D eigenvalue weighted by Crippen LogP contribution is 2.39. The van der Waals surface area contributed by atoms with Gasteiger partial charge in [0.2, 0.25) is 0 Å². The van der Waals surface area contributed by atoms with Gasteiger partial charge in [-0.2, -0.15) is 0 Å². The molecule has 4 N–H and O–H groups in total. The van der Waals surface area contributed by atoms with Crippen molar-refractivity contribution in [2.45, 2.75) is 31.8 Å². The first kappa shape index (κ1) is 18.0. The van der Waals surface area contributed by atoms with Crippen LogP contribution in [0.3, 0.4) is 0 Å². The Kier molecular flexibility index (Phi) is 5.20. The minimum atomic E-state index is -1.02. The number of hydrogen-bond donors (Lipinski definition) is 4. The quantitative estimate of drug-likeness (QED) is 0.633. The second-order valence-electron chi connectivity index (χ2n) is 6.23. The van der Waals surface area contributed by atoms with Crippen molar-refractivity contribution in [1.29, 1.82) is 0 Å². The van der Waals surface area contributed by atoms with E-state index in [1.165, 1.54) is 6.07 Å². The molecular formula is C18H19Cl2N3O2. The monoisotopic (exact) mass is 379 g/mol. The minimum absolute atomic E-state index is 0.158. The molecule has 25 heavy (non-hydrogen) atoms. The van der Waals surface area contributed by atoms with Crippen molar-refractivity contribution in [2.75, 3.05) is 5.32 Å². The summed E-state index contributed by atoms with van der Waals surface area (Å²) in [4.78, 5) is 11.4. The lowest BCUT2D eigenvalue weighted by Gasteiger charge is -2.21. The van der Waals surface area contributed by atoms with E-state index in [4.69, 9.17) is 23.2 Å². The van der Waals surface area contributed by atoms with Gasteiger partial charge in [-0.25, -0.2) is 4.79 Å². The van der Waals surface area contributed by atoms with Gasteiger partial charge in [0.1, 0.15) is 0 Å². The molecule has 0 bridgehead atoms. The molecule has 2 atom stereocenters. The fourth-order valence-electron chi connectivity index (χ4n) is 3.27. The highest BCUT2D eigenvalue weighted by Gasteiger charge is 2.32. The molecule has 0 radical (unpaired) electrons. The SMILES string of the molecule is CC1NNC(C)C1c1cc(Cl)c(Nc2ccccc2C(=O)O)c(Cl)c1. The average Bonchev–Trinajstić information content (AvgIpc) is 2.89. The first-order chi connectivity index (χ1) is 11.9. The molecule has 0 amide bonds. The number of benzene rings is 2. The van der Waals surface area contributed by atoms with Crippen LogP contribution in [0.25, 0.3) is 0 Å². The third-order valence-electron chi connectivity index (χ3n) is 4.48. The van der Waals surface area contributed by atoms with Gasteiger partial charge in [0, 0.05) is 18.0 Å². The zero-order valence-electron chi connectivity index (χ0n) is 13.8. The lowest BCUT2D eigenvalue weighted by molar-refractivity contribution is 0.0698. The summed E-state index contributed by atoms with van der Waals surface area (Å²) < 4.78 is 0. The predicted molar refractivity (Wildman–Crippen MR) is 101 cm³/mol. The molecule has 1 aliphatic rings. The van der Waals surface area contributed by atoms with Gasteiger partial charge < -0.3 is 10.4 Å². The number of carboxylic acid groups (broad SMARTS) is 1. The van der Waals surface area contributed by atoms with Crippen molar-refractivity contribution in [3.8, 4) is 0 Å². The Morgan fingerprint density at radius 3 is 2.20 bits per heavy atom. The van der Waals surface area contributed by atoms with E-state index in [-0.39, 0.29) is 23.6 Å². The van der Waals surface area contributed by atoms with E-state index >= 15 is 0 Å². The summed E-state index contributed by atoms with van der Waals surface area (Å²) in [5, 5.41) is 13.3. The van der Waals surface area contributed by atoms with E-state index < -0.39 is 5.97 Å². The third kappa shape index (κ3) is 3.60. The predicted octanol–water partition coefficient (Wildman–Crippen LogP) is 4.40. The Labute approximate surface area is 156 Å². The van der Waals surface area contributed by atoms with Crippen LogP contribution in [0.15, 0.2) is 36.4 Å². The van der Waals surface area contributed by atoms with E-state index in [1.807, 2.05) is 12.1 Å². The lowest BCUT2D eigenvalue weighted by atomic mass is 9.88. The van der Waals surface area contributed by atoms with Crippen LogP contribution in [0.1, 0.15) is 35.7 Å². The molecule has 132 valence electrons. The van der Waals surface area contributed by atoms with Gasteiger partial charge in [-0.3, -0.25) is 10.9 Å². The molecule has 5 nitrogen and oxygen atoms in total. The number of nitrogens with one attached hydrogen (secondary N) is 3. The number of carboxylic acids is 1. The molecule has 1 heterocycles. The molecule has 1 aliphatic heterocycles. The number of aromatic carboxylic acids is 1. The number of rotatable bonds is 4. The topological polar surface area (TPSA) is 73.4 Å². The maximum atomic E-state index is 11.4. The van der Waals surface area contributed by atoms with Gasteiger partial charge in [-0.1, -0.05) is 35.3 Å². The molecule has 2 aromatic rings. The number of anilines is 2. The number of hydrogen-bond acceptors (Lipinski definition) is 4. The molecule has 2 unspecified atom stereocenters. The average molecular weight is 380 g/mol. The summed E-state index contributed by atoms with van der Waals surface area (Å²) in [5.74, 6) is -0.784. The number of halogens is 2. The Hall–Kier alpha value is -1.79. The largest absolute Gasteiger partial charge is 0.478 e. The maximum Gasteiger partial charge on any atom is 0.337 e. The molecule has 1 saturated heterocycles. The Balaban J connectivity index is 1.95. The summed E-state index contributed by atoms with van der Waals surface area (Å²) in [6, 6.07) is 10.9. The van der Waals surface area contributed by atoms with Crippen LogP contribution in [-0.2, 0) is 0 Å². The number of carbonyl (C=O) groups is 1. The number of hydrazine groups is 1. The van der Waals surface area contributed by atoms with E-state index in [0.717, 1.165) is 5.56 Å². The van der Waals surface area contributed by atoms with Crippen molar-refractivity contribution < 1.29 is 9.90 Å². The van der Waals surface area contributed by atoms with Crippen molar-refractivity contribution in [1.82, 2.24) is 10.9 Å². The third-order valence-corrected chi connectivity index (χ3v) is 5.08. The summed E-state index contributed by atoms with van der Waals surface area (Å²) in [7, 11) is 0. The summed E-state index contributed by atoms with van der Waals surface area (Å²) in [5.41, 5.74) is 8.56. The molecule has 3 rings (SSSR count). The first-order valence-corrected chi connectivity index (χ1v) is 8.73. The van der Waals surface area contributed by atoms with Gasteiger partial charge in [0.25, 0.3) is 0 Å². The highest BCUT2D eigenvalue weighted by atomic mass is 35.5. The second-order valence-corrected chi connectivity index (χ2v) is 7.04. The molecule has 0 aromatic heterocycles. The maximum absolute atomic E-state index is 11.4.